The van der Waals surface area contributed by atoms with Crippen LogP contribution in [0, 0.1) is 0 Å². The second-order valence-electron chi connectivity index (χ2n) is 3.09. The summed E-state index contributed by atoms with van der Waals surface area (Å²) in [5.41, 5.74) is 5.40. The number of rotatable bonds is 4. The van der Waals surface area contributed by atoms with Crippen LogP contribution in [0.1, 0.15) is 11.8 Å². The lowest BCUT2D eigenvalue weighted by molar-refractivity contribution is -0.120. The van der Waals surface area contributed by atoms with E-state index in [1.165, 1.54) is 0 Å². The van der Waals surface area contributed by atoms with Crippen LogP contribution in [0.4, 0.5) is 0 Å². The molecule has 0 aromatic carbocycles. The monoisotopic (exact) mass is 276 g/mol. The van der Waals surface area contributed by atoms with Crippen LogP contribution >= 0.6 is 27.3 Å². The predicted octanol–water partition coefficient (Wildman–Crippen LogP) is 1.52. The number of nitrogens with one attached hydrogen (secondary N) is 1. The summed E-state index contributed by atoms with van der Waals surface area (Å²) in [6.45, 7) is 2.36. The molecule has 1 amide bonds. The molecule has 0 saturated heterocycles. The van der Waals surface area contributed by atoms with Gasteiger partial charge in [-0.15, -0.1) is 11.3 Å². The zero-order chi connectivity index (χ0) is 10.6. The van der Waals surface area contributed by atoms with Crippen LogP contribution in [0.25, 0.3) is 0 Å². The van der Waals surface area contributed by atoms with E-state index >= 15 is 0 Å². The first kappa shape index (κ1) is 11.7. The summed E-state index contributed by atoms with van der Waals surface area (Å²) >= 11 is 4.93. The molecule has 0 bridgehead atoms. The molecule has 1 heterocycles. The first-order valence-corrected chi connectivity index (χ1v) is 5.96. The maximum absolute atomic E-state index is 11.4. The smallest absolute Gasteiger partial charge is 0.225 e. The van der Waals surface area contributed by atoms with Gasteiger partial charge in [0.1, 0.15) is 0 Å². The van der Waals surface area contributed by atoms with Crippen molar-refractivity contribution < 1.29 is 4.79 Å². The lowest BCUT2D eigenvalue weighted by Gasteiger charge is -2.10. The zero-order valence-electron chi connectivity index (χ0n) is 7.92. The van der Waals surface area contributed by atoms with Crippen molar-refractivity contribution in [2.24, 2.45) is 5.73 Å². The molecule has 0 aliphatic carbocycles. The highest BCUT2D eigenvalue weighted by Gasteiger charge is 2.07. The Kier molecular flexibility index (Phi) is 4.57. The van der Waals surface area contributed by atoms with Crippen LogP contribution in [0.5, 0.6) is 0 Å². The van der Waals surface area contributed by atoms with Crippen molar-refractivity contribution in [2.75, 3.05) is 6.54 Å². The fourth-order valence-electron chi connectivity index (χ4n) is 0.990. The van der Waals surface area contributed by atoms with Crippen molar-refractivity contribution in [1.82, 2.24) is 5.32 Å². The summed E-state index contributed by atoms with van der Waals surface area (Å²) in [7, 11) is 0. The number of amides is 1. The van der Waals surface area contributed by atoms with Crippen LogP contribution in [-0.2, 0) is 11.2 Å². The molecule has 0 saturated carbocycles. The molecule has 0 spiro atoms. The van der Waals surface area contributed by atoms with Crippen LogP contribution in [0.3, 0.4) is 0 Å². The molecule has 3 nitrogen and oxygen atoms in total. The quantitative estimate of drug-likeness (QED) is 0.876. The molecule has 0 fully saturated rings. The number of thiophene rings is 1. The second kappa shape index (κ2) is 5.48. The van der Waals surface area contributed by atoms with E-state index in [4.69, 9.17) is 5.73 Å². The zero-order valence-corrected chi connectivity index (χ0v) is 10.3. The Morgan fingerprint density at radius 2 is 2.43 bits per heavy atom. The molecular formula is C9H13BrN2OS. The predicted molar refractivity (Wildman–Crippen MR) is 62.4 cm³/mol. The van der Waals surface area contributed by atoms with Gasteiger partial charge in [-0.1, -0.05) is 0 Å². The molecule has 14 heavy (non-hydrogen) atoms. The summed E-state index contributed by atoms with van der Waals surface area (Å²) in [4.78, 5) is 12.5. The molecular weight excluding hydrogens is 264 g/mol. The Bertz CT molecular complexity index is 314. The van der Waals surface area contributed by atoms with E-state index in [1.807, 2.05) is 19.1 Å². The first-order chi connectivity index (χ1) is 6.61. The molecule has 3 N–H and O–H groups in total. The van der Waals surface area contributed by atoms with E-state index < -0.39 is 0 Å². The van der Waals surface area contributed by atoms with Gasteiger partial charge in [-0.2, -0.15) is 0 Å². The minimum atomic E-state index is 0.0253. The highest BCUT2D eigenvalue weighted by Crippen LogP contribution is 2.22. The minimum absolute atomic E-state index is 0.0253. The van der Waals surface area contributed by atoms with Gasteiger partial charge in [-0.05, 0) is 35.0 Å². The van der Waals surface area contributed by atoms with Gasteiger partial charge in [0.05, 0.1) is 10.2 Å². The summed E-state index contributed by atoms with van der Waals surface area (Å²) in [6, 6.07) is 3.94. The van der Waals surface area contributed by atoms with E-state index in [-0.39, 0.29) is 11.9 Å². The van der Waals surface area contributed by atoms with E-state index in [2.05, 4.69) is 21.2 Å². The summed E-state index contributed by atoms with van der Waals surface area (Å²) in [5, 5.41) is 2.81. The molecule has 1 aromatic heterocycles. The third-order valence-electron chi connectivity index (χ3n) is 1.72. The molecule has 0 aliphatic rings. The summed E-state index contributed by atoms with van der Waals surface area (Å²) < 4.78 is 1.05. The topological polar surface area (TPSA) is 55.1 Å². The average molecular weight is 277 g/mol. The molecule has 1 atom stereocenters. The van der Waals surface area contributed by atoms with Crippen LogP contribution in [-0.4, -0.2) is 18.5 Å². The van der Waals surface area contributed by atoms with Gasteiger partial charge in [0.2, 0.25) is 5.91 Å². The normalized spacial score (nSPS) is 12.5. The lowest BCUT2D eigenvalue weighted by atomic mass is 10.3. The van der Waals surface area contributed by atoms with Gasteiger partial charge in [-0.3, -0.25) is 4.79 Å². The Labute approximate surface area is 95.8 Å². The molecule has 78 valence electrons. The van der Waals surface area contributed by atoms with Crippen LogP contribution in [0.2, 0.25) is 0 Å². The van der Waals surface area contributed by atoms with Gasteiger partial charge >= 0.3 is 0 Å². The highest BCUT2D eigenvalue weighted by atomic mass is 79.9. The van der Waals surface area contributed by atoms with Gasteiger partial charge < -0.3 is 11.1 Å². The third-order valence-corrected chi connectivity index (χ3v) is 3.35. The first-order valence-electron chi connectivity index (χ1n) is 4.35. The van der Waals surface area contributed by atoms with Crippen LogP contribution in [0.15, 0.2) is 15.9 Å². The molecule has 1 aromatic rings. The fourth-order valence-corrected chi connectivity index (χ4v) is 2.47. The van der Waals surface area contributed by atoms with Gasteiger partial charge in [-0.25, -0.2) is 0 Å². The Hall–Kier alpha value is -0.390. The number of nitrogens with two attached hydrogens (primary N) is 1. The molecule has 0 aliphatic heterocycles. The maximum Gasteiger partial charge on any atom is 0.225 e. The minimum Gasteiger partial charge on any atom is -0.352 e. The Morgan fingerprint density at radius 3 is 2.93 bits per heavy atom. The second-order valence-corrected chi connectivity index (χ2v) is 5.63. The molecule has 0 unspecified atom stereocenters. The Balaban J connectivity index is 2.41. The van der Waals surface area contributed by atoms with Crippen molar-refractivity contribution in [2.45, 2.75) is 19.4 Å². The van der Waals surface area contributed by atoms with E-state index in [0.29, 0.717) is 13.0 Å². The number of carbonyl (C=O) groups is 1. The highest BCUT2D eigenvalue weighted by molar-refractivity contribution is 9.11. The lowest BCUT2D eigenvalue weighted by Crippen LogP contribution is -2.38. The third kappa shape index (κ3) is 3.77. The number of halogens is 1. The van der Waals surface area contributed by atoms with Gasteiger partial charge in [0, 0.05) is 17.5 Å². The van der Waals surface area contributed by atoms with Crippen LogP contribution < -0.4 is 11.1 Å². The molecule has 5 heteroatoms. The summed E-state index contributed by atoms with van der Waals surface area (Å²) in [5.74, 6) is 0.0253. The average Bonchev–Trinajstić information content (AvgIpc) is 2.50. The number of carbonyl (C=O) groups excluding carboxylic acids is 1. The van der Waals surface area contributed by atoms with Gasteiger partial charge in [0.15, 0.2) is 0 Å². The fraction of sp³-hybridized carbons (Fsp3) is 0.444. The van der Waals surface area contributed by atoms with E-state index in [0.717, 1.165) is 8.66 Å². The number of hydrogen-bond donors (Lipinski definition) is 2. The van der Waals surface area contributed by atoms with E-state index in [1.54, 1.807) is 11.3 Å². The van der Waals surface area contributed by atoms with Crippen molar-refractivity contribution >= 4 is 33.2 Å². The van der Waals surface area contributed by atoms with Gasteiger partial charge in [0.25, 0.3) is 0 Å². The van der Waals surface area contributed by atoms with Crippen molar-refractivity contribution in [3.63, 3.8) is 0 Å². The van der Waals surface area contributed by atoms with Crippen molar-refractivity contribution in [3.05, 3.63) is 20.8 Å². The number of hydrogen-bond acceptors (Lipinski definition) is 3. The van der Waals surface area contributed by atoms with E-state index in [9.17, 15) is 4.79 Å². The Morgan fingerprint density at radius 1 is 1.71 bits per heavy atom. The van der Waals surface area contributed by atoms with Crippen molar-refractivity contribution in [3.8, 4) is 0 Å². The standard InChI is InChI=1S/C9H13BrN2OS/c1-6(5-11)12-9(13)4-7-2-3-8(10)14-7/h2-3,6H,4-5,11H2,1H3,(H,12,13)/t6-/m0/s1. The summed E-state index contributed by atoms with van der Waals surface area (Å²) in [6.07, 6.45) is 0.431. The van der Waals surface area contributed by atoms with Crippen molar-refractivity contribution in [1.29, 1.82) is 0 Å². The molecule has 1 rings (SSSR count). The molecule has 0 radical (unpaired) electrons. The maximum atomic E-state index is 11.4. The largest absolute Gasteiger partial charge is 0.352 e. The SMILES string of the molecule is C[C@@H](CN)NC(=O)Cc1ccc(Br)s1.